The maximum atomic E-state index is 12.3. The van der Waals surface area contributed by atoms with E-state index in [1.165, 1.54) is 24.6 Å². The number of hydrogen-bond donors (Lipinski definition) is 2. The van der Waals surface area contributed by atoms with Gasteiger partial charge >= 0.3 is 0 Å². The second-order valence-electron chi connectivity index (χ2n) is 6.01. The SMILES string of the molecule is C=CCNS(=O)(=O)c1ccc(C(=O)NC2CCCCC2C)cc1. The second-order valence-corrected chi connectivity index (χ2v) is 7.77. The van der Waals surface area contributed by atoms with Crippen molar-refractivity contribution in [3.8, 4) is 0 Å². The van der Waals surface area contributed by atoms with Crippen molar-refractivity contribution >= 4 is 15.9 Å². The molecule has 2 N–H and O–H groups in total. The third-order valence-corrected chi connectivity index (χ3v) is 5.71. The van der Waals surface area contributed by atoms with Crippen molar-refractivity contribution in [3.63, 3.8) is 0 Å². The Morgan fingerprint density at radius 3 is 2.52 bits per heavy atom. The summed E-state index contributed by atoms with van der Waals surface area (Å²) in [5, 5.41) is 3.06. The summed E-state index contributed by atoms with van der Waals surface area (Å²) in [4.78, 5) is 12.4. The van der Waals surface area contributed by atoms with Crippen LogP contribution in [0.15, 0.2) is 41.8 Å². The van der Waals surface area contributed by atoms with Gasteiger partial charge in [0.25, 0.3) is 5.91 Å². The Morgan fingerprint density at radius 1 is 1.26 bits per heavy atom. The number of carbonyl (C=O) groups is 1. The lowest BCUT2D eigenvalue weighted by Crippen LogP contribution is -2.41. The first kappa shape index (κ1) is 17.7. The third kappa shape index (κ3) is 4.65. The van der Waals surface area contributed by atoms with Gasteiger partial charge in [0.1, 0.15) is 0 Å². The number of hydrogen-bond acceptors (Lipinski definition) is 3. The van der Waals surface area contributed by atoms with E-state index in [1.807, 2.05) is 0 Å². The molecular formula is C17H24N2O3S. The maximum Gasteiger partial charge on any atom is 0.251 e. The molecule has 6 heteroatoms. The predicted molar refractivity (Wildman–Crippen MR) is 90.7 cm³/mol. The number of nitrogens with one attached hydrogen (secondary N) is 2. The molecule has 1 aromatic rings. The lowest BCUT2D eigenvalue weighted by molar-refractivity contribution is 0.0910. The van der Waals surface area contributed by atoms with Crippen LogP contribution in [-0.2, 0) is 10.0 Å². The molecule has 0 saturated heterocycles. The standard InChI is InChI=1S/C17H24N2O3S/c1-3-12-18-23(21,22)15-10-8-14(9-11-15)17(20)19-16-7-5-4-6-13(16)2/h3,8-11,13,16,18H,1,4-7,12H2,2H3,(H,19,20). The first-order chi connectivity index (χ1) is 10.9. The zero-order valence-electron chi connectivity index (χ0n) is 13.4. The van der Waals surface area contributed by atoms with E-state index in [1.54, 1.807) is 12.1 Å². The topological polar surface area (TPSA) is 75.3 Å². The summed E-state index contributed by atoms with van der Waals surface area (Å²) in [7, 11) is -3.55. The Bertz CT molecular complexity index is 653. The summed E-state index contributed by atoms with van der Waals surface area (Å²) in [6, 6.07) is 6.19. The lowest BCUT2D eigenvalue weighted by Gasteiger charge is -2.29. The number of rotatable bonds is 6. The van der Waals surface area contributed by atoms with Gasteiger partial charge in [0.15, 0.2) is 0 Å². The Kier molecular flexibility index (Phi) is 5.96. The Labute approximate surface area is 138 Å². The molecule has 1 amide bonds. The van der Waals surface area contributed by atoms with Gasteiger partial charge < -0.3 is 5.32 Å². The van der Waals surface area contributed by atoms with Crippen molar-refractivity contribution in [1.29, 1.82) is 0 Å². The van der Waals surface area contributed by atoms with Gasteiger partial charge in [0.2, 0.25) is 10.0 Å². The molecule has 0 aliphatic heterocycles. The molecule has 0 bridgehead atoms. The Hall–Kier alpha value is -1.66. The van der Waals surface area contributed by atoms with Gasteiger partial charge in [-0.3, -0.25) is 4.79 Å². The molecule has 0 heterocycles. The number of sulfonamides is 1. The smallest absolute Gasteiger partial charge is 0.251 e. The molecule has 126 valence electrons. The van der Waals surface area contributed by atoms with E-state index in [9.17, 15) is 13.2 Å². The van der Waals surface area contributed by atoms with Crippen LogP contribution in [0.2, 0.25) is 0 Å². The molecule has 1 fully saturated rings. The molecule has 1 aliphatic carbocycles. The van der Waals surface area contributed by atoms with E-state index in [0.29, 0.717) is 11.5 Å². The zero-order valence-corrected chi connectivity index (χ0v) is 14.2. The number of carbonyl (C=O) groups excluding carboxylic acids is 1. The van der Waals surface area contributed by atoms with Crippen molar-refractivity contribution in [2.24, 2.45) is 5.92 Å². The fraction of sp³-hybridized carbons (Fsp3) is 0.471. The normalized spacial score (nSPS) is 21.6. The summed E-state index contributed by atoms with van der Waals surface area (Å²) < 4.78 is 26.3. The fourth-order valence-electron chi connectivity index (χ4n) is 2.82. The van der Waals surface area contributed by atoms with Gasteiger partial charge in [-0.1, -0.05) is 25.8 Å². The Morgan fingerprint density at radius 2 is 1.91 bits per heavy atom. The number of benzene rings is 1. The highest BCUT2D eigenvalue weighted by Gasteiger charge is 2.23. The Balaban J connectivity index is 2.04. The van der Waals surface area contributed by atoms with Crippen molar-refractivity contribution in [3.05, 3.63) is 42.5 Å². The molecule has 2 rings (SSSR count). The van der Waals surface area contributed by atoms with Crippen LogP contribution in [-0.4, -0.2) is 26.9 Å². The van der Waals surface area contributed by atoms with Crippen LogP contribution in [0.1, 0.15) is 43.0 Å². The van der Waals surface area contributed by atoms with E-state index < -0.39 is 10.0 Å². The van der Waals surface area contributed by atoms with E-state index in [-0.39, 0.29) is 23.4 Å². The van der Waals surface area contributed by atoms with E-state index >= 15 is 0 Å². The van der Waals surface area contributed by atoms with Crippen molar-refractivity contribution in [1.82, 2.24) is 10.0 Å². The number of amides is 1. The molecule has 1 aromatic carbocycles. The summed E-state index contributed by atoms with van der Waals surface area (Å²) >= 11 is 0. The summed E-state index contributed by atoms with van der Waals surface area (Å²) in [6.07, 6.45) is 5.98. The average Bonchev–Trinajstić information content (AvgIpc) is 2.55. The predicted octanol–water partition coefficient (Wildman–Crippen LogP) is 2.46. The minimum Gasteiger partial charge on any atom is -0.349 e. The third-order valence-electron chi connectivity index (χ3n) is 4.27. The molecule has 1 aliphatic rings. The van der Waals surface area contributed by atoms with Gasteiger partial charge in [0.05, 0.1) is 4.90 Å². The monoisotopic (exact) mass is 336 g/mol. The van der Waals surface area contributed by atoms with Crippen molar-refractivity contribution < 1.29 is 13.2 Å². The average molecular weight is 336 g/mol. The van der Waals surface area contributed by atoms with Gasteiger partial charge in [-0.2, -0.15) is 0 Å². The highest BCUT2D eigenvalue weighted by atomic mass is 32.2. The van der Waals surface area contributed by atoms with Crippen LogP contribution in [0.4, 0.5) is 0 Å². The van der Waals surface area contributed by atoms with Gasteiger partial charge in [0, 0.05) is 18.2 Å². The fourth-order valence-corrected chi connectivity index (χ4v) is 3.82. The van der Waals surface area contributed by atoms with Crippen LogP contribution in [0.3, 0.4) is 0 Å². The van der Waals surface area contributed by atoms with Crippen LogP contribution >= 0.6 is 0 Å². The van der Waals surface area contributed by atoms with Gasteiger partial charge in [-0.15, -0.1) is 6.58 Å². The first-order valence-corrected chi connectivity index (χ1v) is 9.44. The zero-order chi connectivity index (χ0) is 16.9. The molecule has 0 spiro atoms. The van der Waals surface area contributed by atoms with Crippen LogP contribution in [0.5, 0.6) is 0 Å². The summed E-state index contributed by atoms with van der Waals surface area (Å²) in [5.74, 6) is 0.335. The summed E-state index contributed by atoms with van der Waals surface area (Å²) in [5.41, 5.74) is 0.477. The van der Waals surface area contributed by atoms with E-state index in [2.05, 4.69) is 23.5 Å². The van der Waals surface area contributed by atoms with Gasteiger partial charge in [-0.25, -0.2) is 13.1 Å². The molecular weight excluding hydrogens is 312 g/mol. The first-order valence-electron chi connectivity index (χ1n) is 7.95. The van der Waals surface area contributed by atoms with Crippen molar-refractivity contribution in [2.45, 2.75) is 43.5 Å². The molecule has 5 nitrogen and oxygen atoms in total. The summed E-state index contributed by atoms with van der Waals surface area (Å²) in [6.45, 7) is 5.80. The second kappa shape index (κ2) is 7.75. The minimum absolute atomic E-state index is 0.141. The minimum atomic E-state index is -3.55. The van der Waals surface area contributed by atoms with Crippen LogP contribution < -0.4 is 10.0 Å². The maximum absolute atomic E-state index is 12.3. The van der Waals surface area contributed by atoms with E-state index in [0.717, 1.165) is 19.3 Å². The molecule has 2 atom stereocenters. The van der Waals surface area contributed by atoms with Crippen LogP contribution in [0, 0.1) is 5.92 Å². The molecule has 0 radical (unpaired) electrons. The van der Waals surface area contributed by atoms with Crippen LogP contribution in [0.25, 0.3) is 0 Å². The molecule has 23 heavy (non-hydrogen) atoms. The molecule has 1 saturated carbocycles. The molecule has 2 unspecified atom stereocenters. The quantitative estimate of drug-likeness (QED) is 0.784. The van der Waals surface area contributed by atoms with Gasteiger partial charge in [-0.05, 0) is 43.0 Å². The van der Waals surface area contributed by atoms with E-state index in [4.69, 9.17) is 0 Å². The largest absolute Gasteiger partial charge is 0.349 e. The molecule has 0 aromatic heterocycles. The van der Waals surface area contributed by atoms with Crippen molar-refractivity contribution in [2.75, 3.05) is 6.54 Å². The highest BCUT2D eigenvalue weighted by Crippen LogP contribution is 2.24. The lowest BCUT2D eigenvalue weighted by atomic mass is 9.86. The highest BCUT2D eigenvalue weighted by molar-refractivity contribution is 7.89.